The summed E-state index contributed by atoms with van der Waals surface area (Å²) in [5.41, 5.74) is -0.144. The van der Waals surface area contributed by atoms with E-state index in [0.29, 0.717) is 5.56 Å². The Morgan fingerprint density at radius 2 is 1.26 bits per heavy atom. The predicted molar refractivity (Wildman–Crippen MR) is 97.1 cm³/mol. The van der Waals surface area contributed by atoms with Gasteiger partial charge in [0, 0.05) is 6.54 Å². The Balaban J connectivity index is 1.95. The first-order valence-electron chi connectivity index (χ1n) is 8.20. The number of nitrogens with two attached hydrogens (primary N) is 1. The second-order valence-corrected chi connectivity index (χ2v) is 5.88. The quantitative estimate of drug-likeness (QED) is 0.370. The molecule has 3 aromatic rings. The van der Waals surface area contributed by atoms with Gasteiger partial charge in [0.2, 0.25) is 0 Å². The van der Waals surface area contributed by atoms with Crippen LogP contribution in [0, 0.1) is 23.3 Å². The van der Waals surface area contributed by atoms with Crippen LogP contribution in [0.4, 0.5) is 28.9 Å². The number of hydrogen-bond acceptors (Lipinski definition) is 3. The van der Waals surface area contributed by atoms with Gasteiger partial charge in [0.15, 0.2) is 11.6 Å². The van der Waals surface area contributed by atoms with Crippen LogP contribution >= 0.6 is 0 Å². The predicted octanol–water partition coefficient (Wildman–Crippen LogP) is 4.78. The third-order valence-corrected chi connectivity index (χ3v) is 4.15. The van der Waals surface area contributed by atoms with E-state index in [1.54, 1.807) is 30.3 Å². The molecular weight excluding hydrogens is 358 g/mol. The largest absolute Gasteiger partial charge is 0.378 e. The first-order valence-corrected chi connectivity index (χ1v) is 8.20. The minimum atomic E-state index is -0.837. The van der Waals surface area contributed by atoms with Crippen molar-refractivity contribution < 1.29 is 17.6 Å². The van der Waals surface area contributed by atoms with Crippen LogP contribution in [-0.4, -0.2) is 6.54 Å². The Labute approximate surface area is 154 Å². The van der Waals surface area contributed by atoms with Crippen molar-refractivity contribution in [3.05, 3.63) is 95.6 Å². The summed E-state index contributed by atoms with van der Waals surface area (Å²) < 4.78 is 56.1. The highest BCUT2D eigenvalue weighted by Crippen LogP contribution is 2.29. The summed E-state index contributed by atoms with van der Waals surface area (Å²) in [6, 6.07) is 14.7. The molecule has 3 nitrogen and oxygen atoms in total. The van der Waals surface area contributed by atoms with Crippen molar-refractivity contribution in [2.75, 3.05) is 16.9 Å². The van der Waals surface area contributed by atoms with Gasteiger partial charge in [-0.2, -0.15) is 0 Å². The van der Waals surface area contributed by atoms with E-state index in [9.17, 15) is 17.6 Å². The van der Waals surface area contributed by atoms with E-state index in [1.807, 2.05) is 0 Å². The molecule has 3 aromatic carbocycles. The second-order valence-electron chi connectivity index (χ2n) is 5.88. The van der Waals surface area contributed by atoms with E-state index in [2.05, 4.69) is 5.32 Å². The van der Waals surface area contributed by atoms with Gasteiger partial charge in [0.05, 0.1) is 6.04 Å². The smallest absolute Gasteiger partial charge is 0.150 e. The van der Waals surface area contributed by atoms with Gasteiger partial charge in [-0.1, -0.05) is 42.5 Å². The highest BCUT2D eigenvalue weighted by Gasteiger charge is 2.24. The van der Waals surface area contributed by atoms with Gasteiger partial charge < -0.3 is 5.32 Å². The maximum absolute atomic E-state index is 14.2. The van der Waals surface area contributed by atoms with Gasteiger partial charge in [-0.3, -0.25) is 5.01 Å². The maximum atomic E-state index is 14.2. The third-order valence-electron chi connectivity index (χ3n) is 4.15. The molecular formula is C20H17F4N3. The molecule has 0 spiro atoms. The number of nitrogens with zero attached hydrogens (tertiary/aromatic N) is 1. The molecule has 0 amide bonds. The molecule has 140 valence electrons. The summed E-state index contributed by atoms with van der Waals surface area (Å²) in [4.78, 5) is 0. The Kier molecular flexibility index (Phi) is 5.61. The van der Waals surface area contributed by atoms with Crippen LogP contribution in [0.1, 0.15) is 11.6 Å². The van der Waals surface area contributed by atoms with Crippen LogP contribution in [0.3, 0.4) is 0 Å². The molecule has 0 radical (unpaired) electrons. The lowest BCUT2D eigenvalue weighted by molar-refractivity contribution is 0.549. The molecule has 0 heterocycles. The summed E-state index contributed by atoms with van der Waals surface area (Å²) in [5.74, 6) is 2.81. The number of para-hydroxylation sites is 2. The number of rotatable bonds is 6. The Hall–Kier alpha value is -3.06. The average Bonchev–Trinajstić information content (AvgIpc) is 2.65. The molecule has 1 unspecified atom stereocenters. The summed E-state index contributed by atoms with van der Waals surface area (Å²) >= 11 is 0. The lowest BCUT2D eigenvalue weighted by atomic mass is 10.1. The number of hydrogen-bond donors (Lipinski definition) is 2. The molecule has 0 saturated carbocycles. The first kappa shape index (κ1) is 18.7. The van der Waals surface area contributed by atoms with E-state index < -0.39 is 35.0 Å². The van der Waals surface area contributed by atoms with Crippen molar-refractivity contribution in [2.24, 2.45) is 5.84 Å². The molecule has 7 heteroatoms. The van der Waals surface area contributed by atoms with Crippen LogP contribution in [0.15, 0.2) is 66.7 Å². The van der Waals surface area contributed by atoms with Gasteiger partial charge in [-0.15, -0.1) is 0 Å². The van der Waals surface area contributed by atoms with Crippen LogP contribution < -0.4 is 16.2 Å². The lowest BCUT2D eigenvalue weighted by Gasteiger charge is -2.30. The fraction of sp³-hybridized carbons (Fsp3) is 0.100. The highest BCUT2D eigenvalue weighted by molar-refractivity contribution is 5.52. The monoisotopic (exact) mass is 375 g/mol. The molecule has 0 aliphatic rings. The molecule has 3 rings (SSSR count). The number of benzene rings is 3. The van der Waals surface area contributed by atoms with Crippen LogP contribution in [0.2, 0.25) is 0 Å². The van der Waals surface area contributed by atoms with Crippen LogP contribution in [0.25, 0.3) is 0 Å². The molecule has 1 atom stereocenters. The van der Waals surface area contributed by atoms with Crippen LogP contribution in [-0.2, 0) is 0 Å². The normalized spacial score (nSPS) is 11.9. The Bertz CT molecular complexity index is 878. The Morgan fingerprint density at radius 1 is 0.741 bits per heavy atom. The van der Waals surface area contributed by atoms with Gasteiger partial charge in [-0.05, 0) is 29.8 Å². The summed E-state index contributed by atoms with van der Waals surface area (Å²) in [6.07, 6.45) is 0. The van der Waals surface area contributed by atoms with Crippen LogP contribution in [0.5, 0.6) is 0 Å². The Morgan fingerprint density at radius 3 is 1.81 bits per heavy atom. The first-order chi connectivity index (χ1) is 13.0. The highest BCUT2D eigenvalue weighted by atomic mass is 19.1. The fourth-order valence-corrected chi connectivity index (χ4v) is 2.81. The maximum Gasteiger partial charge on any atom is 0.150 e. The van der Waals surface area contributed by atoms with E-state index >= 15 is 0 Å². The topological polar surface area (TPSA) is 41.3 Å². The van der Waals surface area contributed by atoms with Crippen molar-refractivity contribution in [1.82, 2.24) is 0 Å². The lowest BCUT2D eigenvalue weighted by Crippen LogP contribution is -2.40. The number of nitrogens with one attached hydrogen (secondary N) is 1. The van der Waals surface area contributed by atoms with Crippen molar-refractivity contribution in [2.45, 2.75) is 6.04 Å². The zero-order valence-electron chi connectivity index (χ0n) is 14.2. The van der Waals surface area contributed by atoms with E-state index in [4.69, 9.17) is 5.84 Å². The molecule has 0 aromatic heterocycles. The zero-order chi connectivity index (χ0) is 19.4. The molecule has 0 fully saturated rings. The standard InChI is InChI=1S/C20H17F4N3/c21-14-8-4-9-15(22)19(14)26-12-18(13-6-2-1-3-7-13)27(25)20-16(23)10-5-11-17(20)24/h1-11,18,26H,12,25H2. The SMILES string of the molecule is NN(c1c(F)cccc1F)C(CNc1c(F)cccc1F)c1ccccc1. The molecule has 0 bridgehead atoms. The number of halogens is 4. The average molecular weight is 375 g/mol. The molecule has 0 saturated heterocycles. The van der Waals surface area contributed by atoms with Crippen molar-refractivity contribution in [1.29, 1.82) is 0 Å². The second kappa shape index (κ2) is 8.09. The van der Waals surface area contributed by atoms with E-state index in [0.717, 1.165) is 29.3 Å². The van der Waals surface area contributed by atoms with Crippen molar-refractivity contribution in [3.8, 4) is 0 Å². The van der Waals surface area contributed by atoms with Gasteiger partial charge in [0.25, 0.3) is 0 Å². The van der Waals surface area contributed by atoms with Gasteiger partial charge >= 0.3 is 0 Å². The van der Waals surface area contributed by atoms with E-state index in [1.165, 1.54) is 12.1 Å². The molecule has 0 aliphatic heterocycles. The molecule has 0 aliphatic carbocycles. The fourth-order valence-electron chi connectivity index (χ4n) is 2.81. The number of hydrazine groups is 1. The molecule has 27 heavy (non-hydrogen) atoms. The van der Waals surface area contributed by atoms with Gasteiger partial charge in [-0.25, -0.2) is 23.4 Å². The minimum absolute atomic E-state index is 0.0911. The summed E-state index contributed by atoms with van der Waals surface area (Å²) in [5, 5.41) is 3.58. The number of anilines is 2. The third kappa shape index (κ3) is 4.03. The summed E-state index contributed by atoms with van der Waals surface area (Å²) in [6.45, 7) is -0.0911. The summed E-state index contributed by atoms with van der Waals surface area (Å²) in [7, 11) is 0. The van der Waals surface area contributed by atoms with Crippen molar-refractivity contribution in [3.63, 3.8) is 0 Å². The minimum Gasteiger partial charge on any atom is -0.378 e. The van der Waals surface area contributed by atoms with E-state index in [-0.39, 0.29) is 12.2 Å². The zero-order valence-corrected chi connectivity index (χ0v) is 14.2. The van der Waals surface area contributed by atoms with Gasteiger partial charge in [0.1, 0.15) is 23.0 Å². The van der Waals surface area contributed by atoms with Crippen molar-refractivity contribution >= 4 is 11.4 Å². The molecule has 3 N–H and O–H groups in total.